The molecule has 1 spiro atoms. The number of anilines is 3. The van der Waals surface area contributed by atoms with Gasteiger partial charge < -0.3 is 4.90 Å². The molecule has 6 aromatic carbocycles. The molecule has 0 radical (unpaired) electrons. The second-order valence-corrected chi connectivity index (χ2v) is 16.4. The number of hydrogen-bond acceptors (Lipinski definition) is 2. The van der Waals surface area contributed by atoms with E-state index >= 15 is 0 Å². The van der Waals surface area contributed by atoms with Gasteiger partial charge >= 0.3 is 0 Å². The molecule has 260 valence electrons. The SMILES string of the molecule is c1cc(-c2cccc(-n3c4ccccc4c4cccnc43)c2)cc(-c2ccccc2N2c3ccccc3C3(c4ccccc42)C2CC4CC(C2)CC3C4)c1. The largest absolute Gasteiger partial charge is 0.309 e. The van der Waals surface area contributed by atoms with E-state index in [2.05, 4.69) is 161 Å². The second-order valence-electron chi connectivity index (χ2n) is 16.4. The molecule has 4 fully saturated rings. The number of hydrogen-bond donors (Lipinski definition) is 0. The molecular formula is C51H41N3. The van der Waals surface area contributed by atoms with Gasteiger partial charge in [0.25, 0.3) is 0 Å². The van der Waals surface area contributed by atoms with Crippen LogP contribution in [0.15, 0.2) is 164 Å². The summed E-state index contributed by atoms with van der Waals surface area (Å²) < 4.78 is 2.30. The van der Waals surface area contributed by atoms with Crippen molar-refractivity contribution in [3.63, 3.8) is 0 Å². The van der Waals surface area contributed by atoms with Gasteiger partial charge in [-0.05, 0) is 138 Å². The summed E-state index contributed by atoms with van der Waals surface area (Å²) in [6.45, 7) is 0. The highest BCUT2D eigenvalue weighted by molar-refractivity contribution is 6.07. The molecule has 0 atom stereocenters. The smallest absolute Gasteiger partial charge is 0.145 e. The molecule has 5 aliphatic rings. The Kier molecular flexibility index (Phi) is 6.52. The summed E-state index contributed by atoms with van der Waals surface area (Å²) >= 11 is 0. The van der Waals surface area contributed by atoms with E-state index in [1.54, 1.807) is 11.1 Å². The van der Waals surface area contributed by atoms with Gasteiger partial charge in [-0.15, -0.1) is 0 Å². The van der Waals surface area contributed by atoms with E-state index in [4.69, 9.17) is 4.98 Å². The Morgan fingerprint density at radius 2 is 1.07 bits per heavy atom. The Morgan fingerprint density at radius 3 is 1.83 bits per heavy atom. The molecule has 2 aromatic heterocycles. The fourth-order valence-corrected chi connectivity index (χ4v) is 12.0. The normalized spacial score (nSPS) is 21.8. The zero-order chi connectivity index (χ0) is 35.4. The highest BCUT2D eigenvalue weighted by Gasteiger charge is 2.61. The standard InChI is InChI=1S/C51H41N3/c1-5-21-46(54-48-23-7-3-19-44(48)51(45-20-4-8-24-49(45)54)38-27-33-26-34(29-38)30-39(51)28-33)41(16-1)37-14-9-12-35(31-37)36-13-10-15-40(32-36)53-47-22-6-2-17-42(47)43-18-11-25-52-50(43)53/h1-25,31-34,38-39H,26-30H2. The van der Waals surface area contributed by atoms with E-state index in [1.807, 2.05) is 12.3 Å². The minimum absolute atomic E-state index is 0.100. The average Bonchev–Trinajstić information content (AvgIpc) is 3.57. The molecule has 8 aromatic rings. The van der Waals surface area contributed by atoms with Crippen LogP contribution in [0, 0.1) is 23.7 Å². The molecule has 3 heterocycles. The molecule has 0 unspecified atom stereocenters. The van der Waals surface area contributed by atoms with Crippen molar-refractivity contribution in [2.75, 3.05) is 4.90 Å². The first-order chi connectivity index (χ1) is 26.8. The van der Waals surface area contributed by atoms with Gasteiger partial charge in [-0.25, -0.2) is 4.98 Å². The van der Waals surface area contributed by atoms with Crippen LogP contribution in [0.25, 0.3) is 49.9 Å². The predicted octanol–water partition coefficient (Wildman–Crippen LogP) is 13.0. The van der Waals surface area contributed by atoms with E-state index in [-0.39, 0.29) is 5.41 Å². The lowest BCUT2D eigenvalue weighted by molar-refractivity contribution is -0.0419. The summed E-state index contributed by atoms with van der Waals surface area (Å²) in [5, 5.41) is 2.40. The molecule has 0 saturated heterocycles. The molecule has 4 bridgehead atoms. The van der Waals surface area contributed by atoms with E-state index in [0.717, 1.165) is 35.0 Å². The van der Waals surface area contributed by atoms with Gasteiger partial charge in [0.1, 0.15) is 5.65 Å². The highest BCUT2D eigenvalue weighted by Crippen LogP contribution is 2.69. The van der Waals surface area contributed by atoms with Crippen molar-refractivity contribution in [3.05, 3.63) is 175 Å². The van der Waals surface area contributed by atoms with Crippen molar-refractivity contribution in [2.24, 2.45) is 23.7 Å². The van der Waals surface area contributed by atoms with Crippen molar-refractivity contribution < 1.29 is 0 Å². The summed E-state index contributed by atoms with van der Waals surface area (Å²) in [4.78, 5) is 7.44. The van der Waals surface area contributed by atoms with Gasteiger partial charge in [0.05, 0.1) is 22.6 Å². The van der Waals surface area contributed by atoms with Crippen LogP contribution in [0.2, 0.25) is 0 Å². The number of aromatic nitrogens is 2. The van der Waals surface area contributed by atoms with Gasteiger partial charge in [0.2, 0.25) is 0 Å². The van der Waals surface area contributed by atoms with Gasteiger partial charge in [0, 0.05) is 33.6 Å². The molecule has 3 heteroatoms. The second kappa shape index (κ2) is 11.5. The first kappa shape index (κ1) is 30.5. The molecule has 4 aliphatic carbocycles. The molecule has 4 saturated carbocycles. The maximum atomic E-state index is 4.84. The van der Waals surface area contributed by atoms with Crippen molar-refractivity contribution in [1.82, 2.24) is 9.55 Å². The molecule has 13 rings (SSSR count). The molecule has 0 N–H and O–H groups in total. The number of benzene rings is 6. The van der Waals surface area contributed by atoms with Gasteiger partial charge in [-0.1, -0.05) is 103 Å². The Bertz CT molecular complexity index is 2640. The third-order valence-electron chi connectivity index (χ3n) is 13.8. The summed E-state index contributed by atoms with van der Waals surface area (Å²) in [5.41, 5.74) is 15.3. The molecule has 1 aliphatic heterocycles. The lowest BCUT2D eigenvalue weighted by Crippen LogP contribution is -2.57. The van der Waals surface area contributed by atoms with Crippen LogP contribution >= 0.6 is 0 Å². The van der Waals surface area contributed by atoms with Gasteiger partial charge in [0.15, 0.2) is 0 Å². The number of fused-ring (bicyclic) bond motifs is 5. The summed E-state index contributed by atoms with van der Waals surface area (Å²) in [7, 11) is 0. The number of nitrogens with zero attached hydrogens (tertiary/aromatic N) is 3. The number of para-hydroxylation sites is 4. The van der Waals surface area contributed by atoms with Crippen molar-refractivity contribution in [3.8, 4) is 27.9 Å². The lowest BCUT2D eigenvalue weighted by atomic mass is 9.41. The number of pyridine rings is 1. The quantitative estimate of drug-likeness (QED) is 0.183. The van der Waals surface area contributed by atoms with Gasteiger partial charge in [-0.3, -0.25) is 4.57 Å². The highest BCUT2D eigenvalue weighted by atomic mass is 15.2. The zero-order valence-corrected chi connectivity index (χ0v) is 30.3. The molecule has 54 heavy (non-hydrogen) atoms. The van der Waals surface area contributed by atoms with Crippen LogP contribution < -0.4 is 4.90 Å². The summed E-state index contributed by atoms with van der Waals surface area (Å²) in [6, 6.07) is 58.8. The van der Waals surface area contributed by atoms with Gasteiger partial charge in [-0.2, -0.15) is 0 Å². The Hall–Kier alpha value is -5.93. The summed E-state index contributed by atoms with van der Waals surface area (Å²) in [5.74, 6) is 3.28. The minimum atomic E-state index is 0.100. The van der Waals surface area contributed by atoms with E-state index in [0.29, 0.717) is 0 Å². The Labute approximate surface area is 316 Å². The molecule has 3 nitrogen and oxygen atoms in total. The van der Waals surface area contributed by atoms with Crippen molar-refractivity contribution >= 4 is 39.0 Å². The maximum Gasteiger partial charge on any atom is 0.145 e. The predicted molar refractivity (Wildman–Crippen MR) is 222 cm³/mol. The lowest BCUT2D eigenvalue weighted by Gasteiger charge is -2.64. The van der Waals surface area contributed by atoms with Crippen LogP contribution in [0.5, 0.6) is 0 Å². The zero-order valence-electron chi connectivity index (χ0n) is 30.3. The topological polar surface area (TPSA) is 21.1 Å². The third kappa shape index (κ3) is 4.21. The van der Waals surface area contributed by atoms with Crippen LogP contribution in [0.4, 0.5) is 17.1 Å². The fourth-order valence-electron chi connectivity index (χ4n) is 12.0. The van der Waals surface area contributed by atoms with E-state index in [1.165, 1.54) is 87.7 Å². The molecule has 0 amide bonds. The third-order valence-corrected chi connectivity index (χ3v) is 13.8. The maximum absolute atomic E-state index is 4.84. The first-order valence-corrected chi connectivity index (χ1v) is 19.9. The van der Waals surface area contributed by atoms with Crippen LogP contribution in [-0.2, 0) is 5.41 Å². The van der Waals surface area contributed by atoms with E-state index in [9.17, 15) is 0 Å². The Morgan fingerprint density at radius 1 is 0.481 bits per heavy atom. The monoisotopic (exact) mass is 695 g/mol. The minimum Gasteiger partial charge on any atom is -0.309 e. The van der Waals surface area contributed by atoms with Crippen molar-refractivity contribution in [2.45, 2.75) is 37.5 Å². The van der Waals surface area contributed by atoms with Crippen LogP contribution in [0.1, 0.15) is 43.2 Å². The summed E-state index contributed by atoms with van der Waals surface area (Å²) in [6.07, 6.45) is 8.89. The fraction of sp³-hybridized carbons (Fsp3) is 0.196. The van der Waals surface area contributed by atoms with Crippen LogP contribution in [-0.4, -0.2) is 9.55 Å². The van der Waals surface area contributed by atoms with Crippen molar-refractivity contribution in [1.29, 1.82) is 0 Å². The van der Waals surface area contributed by atoms with E-state index < -0.39 is 0 Å². The first-order valence-electron chi connectivity index (χ1n) is 19.9. The molecular weight excluding hydrogens is 655 g/mol. The average molecular weight is 696 g/mol. The van der Waals surface area contributed by atoms with Crippen LogP contribution in [0.3, 0.4) is 0 Å². The Balaban J connectivity index is 0.990. The number of rotatable bonds is 4.